The van der Waals surface area contributed by atoms with E-state index in [1.807, 2.05) is 6.07 Å². The van der Waals surface area contributed by atoms with E-state index in [4.69, 9.17) is 18.9 Å². The molecule has 1 aliphatic rings. The average Bonchev–Trinajstić information content (AvgIpc) is 3.31. The van der Waals surface area contributed by atoms with Gasteiger partial charge in [-0.1, -0.05) is 0 Å². The molecular weight excluding hydrogens is 557 g/mol. The van der Waals surface area contributed by atoms with E-state index in [2.05, 4.69) is 33.1 Å². The number of methoxy groups -OCH3 is 1. The highest BCUT2D eigenvalue weighted by Gasteiger charge is 2.16. The second kappa shape index (κ2) is 10.4. The number of benzene rings is 3. The number of amides is 1. The van der Waals surface area contributed by atoms with E-state index in [1.54, 1.807) is 36.4 Å². The van der Waals surface area contributed by atoms with Gasteiger partial charge in [0.1, 0.15) is 6.61 Å². The number of non-ortho nitro benzene ring substituents is 1. The minimum absolute atomic E-state index is 0.0187. The van der Waals surface area contributed by atoms with Crippen LogP contribution in [0.2, 0.25) is 0 Å². The standard InChI is InChI=1S/C23H18IN3O7/c1-31-21-9-15(11-25-26-23(28)16-4-7-19-20(10-16)34-13-33-19)8-18(24)22(21)32-12-14-2-5-17(6-3-14)27(29)30/h2-11H,12-13H2,1H3,(H,26,28)/b25-11+. The minimum atomic E-state index is -0.450. The zero-order valence-corrected chi connectivity index (χ0v) is 20.0. The second-order valence-electron chi connectivity index (χ2n) is 7.01. The van der Waals surface area contributed by atoms with Crippen molar-refractivity contribution < 1.29 is 28.7 Å². The monoisotopic (exact) mass is 575 g/mol. The number of nitro groups is 1. The number of nitrogens with zero attached hydrogens (tertiary/aromatic N) is 2. The van der Waals surface area contributed by atoms with Crippen molar-refractivity contribution in [3.8, 4) is 23.0 Å². The van der Waals surface area contributed by atoms with Gasteiger partial charge in [0.15, 0.2) is 23.0 Å². The lowest BCUT2D eigenvalue weighted by Gasteiger charge is -2.13. The van der Waals surface area contributed by atoms with Crippen LogP contribution in [0.1, 0.15) is 21.5 Å². The number of nitro benzene ring substituents is 1. The molecule has 4 rings (SSSR count). The molecule has 1 heterocycles. The van der Waals surface area contributed by atoms with Crippen LogP contribution in [-0.2, 0) is 6.61 Å². The maximum Gasteiger partial charge on any atom is 0.271 e. The van der Waals surface area contributed by atoms with Crippen molar-refractivity contribution in [1.82, 2.24) is 5.43 Å². The molecule has 0 radical (unpaired) electrons. The number of hydrogen-bond donors (Lipinski definition) is 1. The number of carbonyl (C=O) groups excluding carboxylic acids is 1. The van der Waals surface area contributed by atoms with Gasteiger partial charge in [-0.15, -0.1) is 0 Å². The number of rotatable bonds is 8. The predicted molar refractivity (Wildman–Crippen MR) is 131 cm³/mol. The highest BCUT2D eigenvalue weighted by Crippen LogP contribution is 2.34. The van der Waals surface area contributed by atoms with E-state index in [0.717, 1.165) is 9.13 Å². The van der Waals surface area contributed by atoms with Crippen LogP contribution in [0, 0.1) is 13.7 Å². The third kappa shape index (κ3) is 5.36. The van der Waals surface area contributed by atoms with Crippen LogP contribution in [-0.4, -0.2) is 30.9 Å². The fourth-order valence-electron chi connectivity index (χ4n) is 3.09. The molecule has 0 unspecified atom stereocenters. The highest BCUT2D eigenvalue weighted by atomic mass is 127. The van der Waals surface area contributed by atoms with Crippen molar-refractivity contribution in [2.75, 3.05) is 13.9 Å². The fourth-order valence-corrected chi connectivity index (χ4v) is 3.87. The maximum atomic E-state index is 12.4. The smallest absolute Gasteiger partial charge is 0.271 e. The van der Waals surface area contributed by atoms with E-state index in [-0.39, 0.29) is 25.0 Å². The summed E-state index contributed by atoms with van der Waals surface area (Å²) in [5.74, 6) is 1.73. The molecule has 174 valence electrons. The lowest BCUT2D eigenvalue weighted by Crippen LogP contribution is -2.17. The number of hydrogen-bond acceptors (Lipinski definition) is 8. The Morgan fingerprint density at radius 1 is 1.18 bits per heavy atom. The summed E-state index contributed by atoms with van der Waals surface area (Å²) in [6.45, 7) is 0.343. The molecule has 34 heavy (non-hydrogen) atoms. The number of fused-ring (bicyclic) bond motifs is 1. The summed E-state index contributed by atoms with van der Waals surface area (Å²) < 4.78 is 22.6. The third-order valence-electron chi connectivity index (χ3n) is 4.80. The van der Waals surface area contributed by atoms with Crippen LogP contribution in [0.4, 0.5) is 5.69 Å². The Kier molecular flexibility index (Phi) is 7.11. The summed E-state index contributed by atoms with van der Waals surface area (Å²) in [6, 6.07) is 14.6. The van der Waals surface area contributed by atoms with Gasteiger partial charge < -0.3 is 18.9 Å². The maximum absolute atomic E-state index is 12.4. The molecule has 0 aromatic heterocycles. The van der Waals surface area contributed by atoms with Crippen LogP contribution >= 0.6 is 22.6 Å². The van der Waals surface area contributed by atoms with Crippen molar-refractivity contribution in [3.63, 3.8) is 0 Å². The molecule has 11 heteroatoms. The van der Waals surface area contributed by atoms with Crippen LogP contribution in [0.3, 0.4) is 0 Å². The van der Waals surface area contributed by atoms with E-state index in [0.29, 0.717) is 34.1 Å². The predicted octanol–water partition coefficient (Wildman–Crippen LogP) is 4.28. The lowest BCUT2D eigenvalue weighted by molar-refractivity contribution is -0.384. The Labute approximate surface area is 207 Å². The number of hydrazone groups is 1. The van der Waals surface area contributed by atoms with Crippen molar-refractivity contribution >= 4 is 40.4 Å². The third-order valence-corrected chi connectivity index (χ3v) is 5.60. The van der Waals surface area contributed by atoms with Gasteiger partial charge in [-0.25, -0.2) is 5.43 Å². The van der Waals surface area contributed by atoms with E-state index in [1.165, 1.54) is 25.5 Å². The first-order valence-electron chi connectivity index (χ1n) is 9.91. The van der Waals surface area contributed by atoms with Crippen LogP contribution < -0.4 is 24.4 Å². The van der Waals surface area contributed by atoms with Crippen molar-refractivity contribution in [2.45, 2.75) is 6.61 Å². The molecule has 0 spiro atoms. The normalized spacial score (nSPS) is 11.9. The molecule has 0 aliphatic carbocycles. The SMILES string of the molecule is COc1cc(/C=N/NC(=O)c2ccc3c(c2)OCO3)cc(I)c1OCc1ccc([N+](=O)[O-])cc1. The van der Waals surface area contributed by atoms with Crippen LogP contribution in [0.15, 0.2) is 59.7 Å². The molecule has 0 fully saturated rings. The number of halogens is 1. The Hall–Kier alpha value is -3.87. The van der Waals surface area contributed by atoms with Gasteiger partial charge in [0.2, 0.25) is 6.79 Å². The summed E-state index contributed by atoms with van der Waals surface area (Å²) in [5.41, 5.74) is 4.36. The Morgan fingerprint density at radius 3 is 2.68 bits per heavy atom. The topological polar surface area (TPSA) is 122 Å². The van der Waals surface area contributed by atoms with Gasteiger partial charge in [-0.3, -0.25) is 14.9 Å². The van der Waals surface area contributed by atoms with E-state index >= 15 is 0 Å². The van der Waals surface area contributed by atoms with Crippen molar-refractivity contribution in [3.05, 3.63) is 85.0 Å². The summed E-state index contributed by atoms with van der Waals surface area (Å²) in [7, 11) is 1.52. The molecule has 1 N–H and O–H groups in total. The van der Waals surface area contributed by atoms with Crippen LogP contribution in [0.25, 0.3) is 0 Å². The van der Waals surface area contributed by atoms with Crippen molar-refractivity contribution in [2.24, 2.45) is 5.10 Å². The molecule has 0 atom stereocenters. The first kappa shape index (κ1) is 23.3. The molecule has 1 amide bonds. The Balaban J connectivity index is 1.41. The molecular formula is C23H18IN3O7. The minimum Gasteiger partial charge on any atom is -0.493 e. The fraction of sp³-hybridized carbons (Fsp3) is 0.130. The summed E-state index contributed by atoms with van der Waals surface area (Å²) in [4.78, 5) is 22.7. The molecule has 0 saturated heterocycles. The zero-order valence-electron chi connectivity index (χ0n) is 17.8. The second-order valence-corrected chi connectivity index (χ2v) is 8.18. The summed E-state index contributed by atoms with van der Waals surface area (Å²) in [5, 5.41) is 14.8. The van der Waals surface area contributed by atoms with Gasteiger partial charge in [0.25, 0.3) is 11.6 Å². The highest BCUT2D eigenvalue weighted by molar-refractivity contribution is 14.1. The zero-order chi connectivity index (χ0) is 24.1. The van der Waals surface area contributed by atoms with Gasteiger partial charge in [-0.2, -0.15) is 5.10 Å². The Bertz CT molecular complexity index is 1260. The summed E-state index contributed by atoms with van der Waals surface area (Å²) >= 11 is 2.11. The first-order chi connectivity index (χ1) is 16.4. The lowest BCUT2D eigenvalue weighted by atomic mass is 10.2. The molecule has 3 aromatic rings. The quantitative estimate of drug-likeness (QED) is 0.184. The Morgan fingerprint density at radius 2 is 1.94 bits per heavy atom. The van der Waals surface area contributed by atoms with Gasteiger partial charge in [0, 0.05) is 17.7 Å². The number of nitrogens with one attached hydrogen (secondary N) is 1. The number of carbonyl (C=O) groups is 1. The van der Waals surface area contributed by atoms with Gasteiger partial charge >= 0.3 is 0 Å². The average molecular weight is 575 g/mol. The molecule has 3 aromatic carbocycles. The van der Waals surface area contributed by atoms with Crippen molar-refractivity contribution in [1.29, 1.82) is 0 Å². The first-order valence-corrected chi connectivity index (χ1v) is 11.0. The molecule has 0 bridgehead atoms. The van der Waals surface area contributed by atoms with Crippen LogP contribution in [0.5, 0.6) is 23.0 Å². The van der Waals surface area contributed by atoms with Gasteiger partial charge in [-0.05, 0) is 76.2 Å². The summed E-state index contributed by atoms with van der Waals surface area (Å²) in [6.07, 6.45) is 1.50. The van der Waals surface area contributed by atoms with Gasteiger partial charge in [0.05, 0.1) is 21.8 Å². The molecule has 1 aliphatic heterocycles. The largest absolute Gasteiger partial charge is 0.493 e. The van der Waals surface area contributed by atoms with E-state index < -0.39 is 4.92 Å². The molecule has 0 saturated carbocycles. The van der Waals surface area contributed by atoms with E-state index in [9.17, 15) is 14.9 Å². The molecule has 10 nitrogen and oxygen atoms in total. The number of ether oxygens (including phenoxy) is 4.